The first-order valence-corrected chi connectivity index (χ1v) is 3.98. The fourth-order valence-electron chi connectivity index (χ4n) is 1.19. The van der Waals surface area contributed by atoms with Crippen LogP contribution in [0.1, 0.15) is 22.8 Å². The molecule has 2 N–H and O–H groups in total. The Morgan fingerprint density at radius 2 is 2.21 bits per heavy atom. The SMILES string of the molecule is COc1cc(N)cc(C(C)=O)c1C#N. The molecule has 0 radical (unpaired) electrons. The molecule has 1 aromatic carbocycles. The number of nitrogens with two attached hydrogens (primary N) is 1. The van der Waals surface area contributed by atoms with Crippen molar-refractivity contribution in [1.82, 2.24) is 0 Å². The highest BCUT2D eigenvalue weighted by Gasteiger charge is 2.13. The number of anilines is 1. The van der Waals surface area contributed by atoms with Crippen LogP contribution in [-0.2, 0) is 0 Å². The van der Waals surface area contributed by atoms with Gasteiger partial charge in [0, 0.05) is 17.3 Å². The Hall–Kier alpha value is -2.02. The Balaban J connectivity index is 3.49. The highest BCUT2D eigenvalue weighted by molar-refractivity contribution is 5.98. The molecule has 0 unspecified atom stereocenters. The number of nitrogen functional groups attached to an aromatic ring is 1. The minimum Gasteiger partial charge on any atom is -0.495 e. The molecular formula is C10H10N2O2. The van der Waals surface area contributed by atoms with Crippen LogP contribution >= 0.6 is 0 Å². The molecule has 0 aromatic heterocycles. The number of carbonyl (C=O) groups excluding carboxylic acids is 1. The van der Waals surface area contributed by atoms with E-state index in [4.69, 9.17) is 15.7 Å². The fourth-order valence-corrected chi connectivity index (χ4v) is 1.19. The van der Waals surface area contributed by atoms with Crippen LogP contribution in [0.4, 0.5) is 5.69 Å². The van der Waals surface area contributed by atoms with Gasteiger partial charge in [-0.1, -0.05) is 0 Å². The average molecular weight is 190 g/mol. The van der Waals surface area contributed by atoms with Gasteiger partial charge in [-0.15, -0.1) is 0 Å². The number of methoxy groups -OCH3 is 1. The lowest BCUT2D eigenvalue weighted by Crippen LogP contribution is -2.01. The maximum atomic E-state index is 11.2. The maximum absolute atomic E-state index is 11.2. The molecule has 0 saturated carbocycles. The van der Waals surface area contributed by atoms with Crippen molar-refractivity contribution in [3.8, 4) is 11.8 Å². The number of hydrogen-bond acceptors (Lipinski definition) is 4. The molecule has 4 nitrogen and oxygen atoms in total. The van der Waals surface area contributed by atoms with Crippen molar-refractivity contribution < 1.29 is 9.53 Å². The van der Waals surface area contributed by atoms with E-state index in [9.17, 15) is 4.79 Å². The zero-order chi connectivity index (χ0) is 10.7. The molecular weight excluding hydrogens is 180 g/mol. The van der Waals surface area contributed by atoms with Crippen LogP contribution in [0.5, 0.6) is 5.75 Å². The zero-order valence-corrected chi connectivity index (χ0v) is 8.00. The topological polar surface area (TPSA) is 76.1 Å². The first kappa shape index (κ1) is 10.1. The van der Waals surface area contributed by atoms with E-state index in [2.05, 4.69) is 0 Å². The average Bonchev–Trinajstić information content (AvgIpc) is 2.16. The number of benzene rings is 1. The van der Waals surface area contributed by atoms with Gasteiger partial charge in [0.05, 0.1) is 7.11 Å². The van der Waals surface area contributed by atoms with Crippen molar-refractivity contribution in [2.75, 3.05) is 12.8 Å². The monoisotopic (exact) mass is 190 g/mol. The van der Waals surface area contributed by atoms with Gasteiger partial charge in [-0.05, 0) is 13.0 Å². The summed E-state index contributed by atoms with van der Waals surface area (Å²) in [4.78, 5) is 11.2. The normalized spacial score (nSPS) is 9.21. The molecule has 14 heavy (non-hydrogen) atoms. The summed E-state index contributed by atoms with van der Waals surface area (Å²) in [6.45, 7) is 1.38. The molecule has 72 valence electrons. The molecule has 0 aliphatic heterocycles. The van der Waals surface area contributed by atoms with Gasteiger partial charge in [-0.2, -0.15) is 5.26 Å². The summed E-state index contributed by atoms with van der Waals surface area (Å²) in [6, 6.07) is 4.92. The summed E-state index contributed by atoms with van der Waals surface area (Å²) in [5.74, 6) is 0.129. The molecule has 0 saturated heterocycles. The Morgan fingerprint density at radius 3 is 2.64 bits per heavy atom. The van der Waals surface area contributed by atoms with Crippen LogP contribution in [0.25, 0.3) is 0 Å². The summed E-state index contributed by atoms with van der Waals surface area (Å²) in [6.07, 6.45) is 0. The van der Waals surface area contributed by atoms with Crippen molar-refractivity contribution >= 4 is 11.5 Å². The molecule has 4 heteroatoms. The van der Waals surface area contributed by atoms with Gasteiger partial charge in [0.15, 0.2) is 5.78 Å². The number of nitrogens with zero attached hydrogens (tertiary/aromatic N) is 1. The van der Waals surface area contributed by atoms with Crippen molar-refractivity contribution in [2.45, 2.75) is 6.92 Å². The third kappa shape index (κ3) is 1.67. The quantitative estimate of drug-likeness (QED) is 0.564. The number of carbonyl (C=O) groups is 1. The van der Waals surface area contributed by atoms with Crippen molar-refractivity contribution in [2.24, 2.45) is 0 Å². The van der Waals surface area contributed by atoms with Gasteiger partial charge in [-0.3, -0.25) is 4.79 Å². The van der Waals surface area contributed by atoms with Crippen molar-refractivity contribution in [3.05, 3.63) is 23.3 Å². The Labute approximate surface area is 81.9 Å². The number of rotatable bonds is 2. The highest BCUT2D eigenvalue weighted by atomic mass is 16.5. The van der Waals surface area contributed by atoms with Crippen LogP contribution in [-0.4, -0.2) is 12.9 Å². The van der Waals surface area contributed by atoms with E-state index in [1.807, 2.05) is 6.07 Å². The minimum atomic E-state index is -0.202. The van der Waals surface area contributed by atoms with Gasteiger partial charge >= 0.3 is 0 Å². The molecule has 0 atom stereocenters. The lowest BCUT2D eigenvalue weighted by atomic mass is 10.0. The van der Waals surface area contributed by atoms with Crippen LogP contribution in [0.2, 0.25) is 0 Å². The molecule has 0 heterocycles. The van der Waals surface area contributed by atoms with Crippen LogP contribution < -0.4 is 10.5 Å². The Bertz CT molecular complexity index is 419. The molecule has 0 bridgehead atoms. The summed E-state index contributed by atoms with van der Waals surface area (Å²) >= 11 is 0. The predicted molar refractivity (Wildman–Crippen MR) is 52.1 cm³/mol. The largest absolute Gasteiger partial charge is 0.495 e. The van der Waals surface area contributed by atoms with E-state index in [0.717, 1.165) is 0 Å². The van der Waals surface area contributed by atoms with Crippen LogP contribution in [0.3, 0.4) is 0 Å². The van der Waals surface area contributed by atoms with E-state index in [1.165, 1.54) is 26.2 Å². The van der Waals surface area contributed by atoms with Crippen LogP contribution in [0.15, 0.2) is 12.1 Å². The van der Waals surface area contributed by atoms with Gasteiger partial charge in [0.25, 0.3) is 0 Å². The number of Topliss-reactive ketones (excluding diaryl/α,β-unsaturated/α-hetero) is 1. The summed E-state index contributed by atoms with van der Waals surface area (Å²) < 4.78 is 4.95. The second-order valence-electron chi connectivity index (χ2n) is 2.81. The first-order chi connectivity index (χ1) is 6.60. The van der Waals surface area contributed by atoms with E-state index >= 15 is 0 Å². The third-order valence-electron chi connectivity index (χ3n) is 1.84. The van der Waals surface area contributed by atoms with Gasteiger partial charge in [-0.25, -0.2) is 0 Å². The van der Waals surface area contributed by atoms with Crippen molar-refractivity contribution in [3.63, 3.8) is 0 Å². The highest BCUT2D eigenvalue weighted by Crippen LogP contribution is 2.25. The van der Waals surface area contributed by atoms with Crippen LogP contribution in [0, 0.1) is 11.3 Å². The third-order valence-corrected chi connectivity index (χ3v) is 1.84. The van der Waals surface area contributed by atoms with E-state index in [-0.39, 0.29) is 11.3 Å². The van der Waals surface area contributed by atoms with E-state index < -0.39 is 0 Å². The lowest BCUT2D eigenvalue weighted by Gasteiger charge is -2.07. The van der Waals surface area contributed by atoms with Crippen molar-refractivity contribution in [1.29, 1.82) is 5.26 Å². The summed E-state index contributed by atoms with van der Waals surface area (Å²) in [7, 11) is 1.43. The Kier molecular flexibility index (Phi) is 2.73. The predicted octanol–water partition coefficient (Wildman–Crippen LogP) is 1.35. The summed E-state index contributed by atoms with van der Waals surface area (Å²) in [5.41, 5.74) is 6.49. The molecule has 0 spiro atoms. The molecule has 0 fully saturated rings. The lowest BCUT2D eigenvalue weighted by molar-refractivity contribution is 0.101. The summed E-state index contributed by atoms with van der Waals surface area (Å²) in [5, 5.41) is 8.85. The smallest absolute Gasteiger partial charge is 0.161 e. The van der Waals surface area contributed by atoms with Gasteiger partial charge in [0.1, 0.15) is 17.4 Å². The molecule has 1 rings (SSSR count). The fraction of sp³-hybridized carbons (Fsp3) is 0.200. The van der Waals surface area contributed by atoms with Gasteiger partial charge in [0.2, 0.25) is 0 Å². The first-order valence-electron chi connectivity index (χ1n) is 3.98. The van der Waals surface area contributed by atoms with E-state index in [1.54, 1.807) is 0 Å². The molecule has 0 aliphatic rings. The number of ketones is 1. The number of nitriles is 1. The number of hydrogen-bond donors (Lipinski definition) is 1. The molecule has 0 aliphatic carbocycles. The molecule has 0 amide bonds. The molecule has 1 aromatic rings. The van der Waals surface area contributed by atoms with Gasteiger partial charge < -0.3 is 10.5 Å². The standard InChI is InChI=1S/C10H10N2O2/c1-6(13)8-3-7(12)4-10(14-2)9(8)5-11/h3-4H,12H2,1-2H3. The Morgan fingerprint density at radius 1 is 1.57 bits per heavy atom. The second kappa shape index (κ2) is 3.79. The second-order valence-corrected chi connectivity index (χ2v) is 2.81. The zero-order valence-electron chi connectivity index (χ0n) is 8.00. The van der Waals surface area contributed by atoms with E-state index in [0.29, 0.717) is 17.0 Å². The maximum Gasteiger partial charge on any atom is 0.161 e. The number of ether oxygens (including phenoxy) is 1. The minimum absolute atomic E-state index is 0.202.